The Morgan fingerprint density at radius 2 is 1.91 bits per heavy atom. The highest BCUT2D eigenvalue weighted by Crippen LogP contribution is 2.32. The second-order valence-corrected chi connectivity index (χ2v) is 7.27. The molecule has 0 spiro atoms. The molecule has 1 atom stereocenters. The van der Waals surface area contributed by atoms with E-state index in [9.17, 15) is 14.4 Å². The van der Waals surface area contributed by atoms with E-state index in [0.29, 0.717) is 24.2 Å². The minimum Gasteiger partial charge on any atom is -0.327 e. The van der Waals surface area contributed by atoms with Gasteiger partial charge in [-0.2, -0.15) is 0 Å². The van der Waals surface area contributed by atoms with Gasteiger partial charge in [-0.3, -0.25) is 14.4 Å². The average molecular weight is 314 g/mol. The molecule has 2 aliphatic rings. The summed E-state index contributed by atoms with van der Waals surface area (Å²) in [5, 5.41) is 0. The molecule has 5 heteroatoms. The molecule has 0 radical (unpaired) electrons. The summed E-state index contributed by atoms with van der Waals surface area (Å²) >= 11 is 0. The molecule has 5 nitrogen and oxygen atoms in total. The molecule has 2 amide bonds. The molecule has 122 valence electrons. The Kier molecular flexibility index (Phi) is 3.74. The number of carbonyl (C=O) groups is 3. The molecule has 1 aromatic carbocycles. The van der Waals surface area contributed by atoms with Crippen LogP contribution in [-0.2, 0) is 9.59 Å². The lowest BCUT2D eigenvalue weighted by molar-refractivity contribution is -0.128. The lowest BCUT2D eigenvalue weighted by Crippen LogP contribution is -2.47. The predicted octanol–water partition coefficient (Wildman–Crippen LogP) is 2.25. The van der Waals surface area contributed by atoms with Gasteiger partial charge in [-0.05, 0) is 25.0 Å². The van der Waals surface area contributed by atoms with Crippen LogP contribution in [0.4, 0.5) is 5.69 Å². The summed E-state index contributed by atoms with van der Waals surface area (Å²) < 4.78 is 0. The zero-order chi connectivity index (χ0) is 16.8. The summed E-state index contributed by atoms with van der Waals surface area (Å²) in [6.45, 7) is 6.14. The largest absolute Gasteiger partial charge is 0.327 e. The molecule has 0 saturated carbocycles. The van der Waals surface area contributed by atoms with Crippen LogP contribution in [0.15, 0.2) is 24.3 Å². The summed E-state index contributed by atoms with van der Waals surface area (Å²) in [6, 6.07) is 6.64. The van der Waals surface area contributed by atoms with Crippen molar-refractivity contribution >= 4 is 23.3 Å². The average Bonchev–Trinajstić information content (AvgIpc) is 2.97. The van der Waals surface area contributed by atoms with Crippen molar-refractivity contribution in [3.63, 3.8) is 0 Å². The molecule has 0 aliphatic carbocycles. The molecular weight excluding hydrogens is 292 g/mol. The number of fused-ring (bicyclic) bond motifs is 2. The molecule has 0 bridgehead atoms. The third kappa shape index (κ3) is 2.64. The molecule has 1 aromatic rings. The minimum atomic E-state index is -0.527. The highest BCUT2D eigenvalue weighted by molar-refractivity contribution is 6.13. The third-order valence-corrected chi connectivity index (χ3v) is 4.63. The van der Waals surface area contributed by atoms with E-state index in [1.165, 1.54) is 4.90 Å². The number of amides is 2. The molecule has 3 rings (SSSR count). The van der Waals surface area contributed by atoms with E-state index in [0.717, 1.165) is 6.42 Å². The van der Waals surface area contributed by atoms with Crippen molar-refractivity contribution in [1.82, 2.24) is 4.90 Å². The Bertz CT molecular complexity index is 675. The molecule has 0 aromatic heterocycles. The number of ketones is 1. The van der Waals surface area contributed by atoms with Gasteiger partial charge in [0.15, 0.2) is 5.78 Å². The summed E-state index contributed by atoms with van der Waals surface area (Å²) in [7, 11) is 0. The Balaban J connectivity index is 2.06. The van der Waals surface area contributed by atoms with Gasteiger partial charge in [-0.1, -0.05) is 32.9 Å². The predicted molar refractivity (Wildman–Crippen MR) is 87.3 cm³/mol. The number of anilines is 1. The molecule has 0 unspecified atom stereocenters. The number of hydrogen-bond acceptors (Lipinski definition) is 3. The van der Waals surface area contributed by atoms with E-state index in [4.69, 9.17) is 0 Å². The van der Waals surface area contributed by atoms with Crippen LogP contribution in [-0.4, -0.2) is 41.6 Å². The first-order valence-electron chi connectivity index (χ1n) is 8.05. The van der Waals surface area contributed by atoms with E-state index >= 15 is 0 Å². The summed E-state index contributed by atoms with van der Waals surface area (Å²) in [5.41, 5.74) is 0.530. The van der Waals surface area contributed by atoms with Gasteiger partial charge in [-0.25, -0.2) is 0 Å². The Morgan fingerprint density at radius 1 is 1.22 bits per heavy atom. The van der Waals surface area contributed by atoms with Crippen LogP contribution in [0.25, 0.3) is 0 Å². The monoisotopic (exact) mass is 314 g/mol. The number of para-hydroxylation sites is 1. The summed E-state index contributed by atoms with van der Waals surface area (Å²) in [6.07, 6.45) is 1.49. The Hall–Kier alpha value is -2.17. The zero-order valence-electron chi connectivity index (χ0n) is 13.8. The molecular formula is C18H22N2O3. The molecule has 0 N–H and O–H groups in total. The van der Waals surface area contributed by atoms with E-state index in [1.807, 2.05) is 20.8 Å². The number of carbonyl (C=O) groups excluding carboxylic acids is 3. The van der Waals surface area contributed by atoms with Gasteiger partial charge in [0.1, 0.15) is 6.04 Å². The van der Waals surface area contributed by atoms with Crippen molar-refractivity contribution in [3.8, 4) is 0 Å². The van der Waals surface area contributed by atoms with Crippen LogP contribution in [0.5, 0.6) is 0 Å². The number of nitrogens with zero attached hydrogens (tertiary/aromatic N) is 2. The first kappa shape index (κ1) is 15.7. The van der Waals surface area contributed by atoms with E-state index in [2.05, 4.69) is 0 Å². The standard InChI is InChI=1S/C18H22N2O3/c1-18(2,3)15(21)11-20-13-8-5-4-7-12(13)16(22)19-10-6-9-14(19)17(20)23/h4-5,7-8,14H,6,9-11H2,1-3H3/t14-/m0/s1. The summed E-state index contributed by atoms with van der Waals surface area (Å²) in [4.78, 5) is 41.4. The van der Waals surface area contributed by atoms with E-state index in [1.54, 1.807) is 29.2 Å². The molecule has 2 aliphatic heterocycles. The molecule has 23 heavy (non-hydrogen) atoms. The quantitative estimate of drug-likeness (QED) is 0.841. The van der Waals surface area contributed by atoms with E-state index in [-0.39, 0.29) is 24.1 Å². The van der Waals surface area contributed by atoms with Gasteiger partial charge in [-0.15, -0.1) is 0 Å². The highest BCUT2D eigenvalue weighted by atomic mass is 16.2. The maximum Gasteiger partial charge on any atom is 0.256 e. The molecule has 1 fully saturated rings. The van der Waals surface area contributed by atoms with Crippen LogP contribution >= 0.6 is 0 Å². The fourth-order valence-electron chi connectivity index (χ4n) is 3.15. The van der Waals surface area contributed by atoms with Crippen LogP contribution in [0.1, 0.15) is 44.0 Å². The fraction of sp³-hybridized carbons (Fsp3) is 0.500. The number of benzene rings is 1. The maximum atomic E-state index is 13.0. The van der Waals surface area contributed by atoms with Gasteiger partial charge in [0.25, 0.3) is 5.91 Å². The minimum absolute atomic E-state index is 0.0109. The first-order valence-corrected chi connectivity index (χ1v) is 8.05. The first-order chi connectivity index (χ1) is 10.8. The number of rotatable bonds is 2. The van der Waals surface area contributed by atoms with Gasteiger partial charge in [0.2, 0.25) is 5.91 Å². The lowest BCUT2D eigenvalue weighted by atomic mass is 9.90. The van der Waals surface area contributed by atoms with Crippen LogP contribution < -0.4 is 4.90 Å². The van der Waals surface area contributed by atoms with Crippen molar-refractivity contribution in [2.24, 2.45) is 5.41 Å². The van der Waals surface area contributed by atoms with Crippen molar-refractivity contribution in [3.05, 3.63) is 29.8 Å². The fourth-order valence-corrected chi connectivity index (χ4v) is 3.15. The molecule has 1 saturated heterocycles. The van der Waals surface area contributed by atoms with E-state index < -0.39 is 11.5 Å². The van der Waals surface area contributed by atoms with Crippen molar-refractivity contribution in [2.75, 3.05) is 18.0 Å². The van der Waals surface area contributed by atoms with Crippen LogP contribution in [0, 0.1) is 5.41 Å². The topological polar surface area (TPSA) is 57.7 Å². The summed E-state index contributed by atoms with van der Waals surface area (Å²) in [5.74, 6) is -0.264. The Morgan fingerprint density at radius 3 is 2.61 bits per heavy atom. The van der Waals surface area contributed by atoms with Crippen molar-refractivity contribution in [2.45, 2.75) is 39.7 Å². The second kappa shape index (κ2) is 5.48. The number of hydrogen-bond donors (Lipinski definition) is 0. The Labute approximate surface area is 136 Å². The second-order valence-electron chi connectivity index (χ2n) is 7.27. The molecule has 2 heterocycles. The smallest absolute Gasteiger partial charge is 0.256 e. The zero-order valence-corrected chi connectivity index (χ0v) is 13.8. The highest BCUT2D eigenvalue weighted by Gasteiger charge is 2.42. The van der Waals surface area contributed by atoms with Crippen molar-refractivity contribution in [1.29, 1.82) is 0 Å². The number of Topliss-reactive ketones (excluding diaryl/α,β-unsaturated/α-hetero) is 1. The lowest BCUT2D eigenvalue weighted by Gasteiger charge is -2.28. The van der Waals surface area contributed by atoms with Crippen LogP contribution in [0.2, 0.25) is 0 Å². The van der Waals surface area contributed by atoms with Gasteiger partial charge in [0, 0.05) is 12.0 Å². The SMILES string of the molecule is CC(C)(C)C(=O)CN1C(=O)[C@@H]2CCCN2C(=O)c2ccccc21. The van der Waals surface area contributed by atoms with Gasteiger partial charge < -0.3 is 9.80 Å². The van der Waals surface area contributed by atoms with Gasteiger partial charge in [0.05, 0.1) is 17.8 Å². The van der Waals surface area contributed by atoms with Gasteiger partial charge >= 0.3 is 0 Å². The maximum absolute atomic E-state index is 13.0. The third-order valence-electron chi connectivity index (χ3n) is 4.63. The normalized spacial score (nSPS) is 21.1. The van der Waals surface area contributed by atoms with Crippen LogP contribution in [0.3, 0.4) is 0 Å². The van der Waals surface area contributed by atoms with Crippen molar-refractivity contribution < 1.29 is 14.4 Å².